The minimum atomic E-state index is -3.46. The van der Waals surface area contributed by atoms with E-state index in [-0.39, 0.29) is 10.1 Å². The van der Waals surface area contributed by atoms with E-state index < -0.39 is 10.0 Å². The molecule has 0 saturated carbocycles. The number of hydrogen-bond acceptors (Lipinski definition) is 4. The van der Waals surface area contributed by atoms with Gasteiger partial charge in [-0.05, 0) is 36.5 Å². The summed E-state index contributed by atoms with van der Waals surface area (Å²) in [5, 5.41) is 0. The van der Waals surface area contributed by atoms with Crippen LogP contribution in [0, 0.1) is 5.92 Å². The van der Waals surface area contributed by atoms with Crippen molar-refractivity contribution >= 4 is 27.3 Å². The van der Waals surface area contributed by atoms with Crippen molar-refractivity contribution in [3.05, 3.63) is 29.2 Å². The zero-order chi connectivity index (χ0) is 15.9. The number of likely N-dealkylation sites (tertiary alicyclic amines) is 1. The fourth-order valence-electron chi connectivity index (χ4n) is 2.72. The van der Waals surface area contributed by atoms with Crippen LogP contribution in [0.25, 0.3) is 0 Å². The van der Waals surface area contributed by atoms with E-state index in [1.165, 1.54) is 0 Å². The van der Waals surface area contributed by atoms with Crippen LogP contribution in [0.3, 0.4) is 0 Å². The summed E-state index contributed by atoms with van der Waals surface area (Å²) in [5.74, 6) is 0.470. The van der Waals surface area contributed by atoms with Gasteiger partial charge in [0.05, 0.1) is 4.88 Å². The molecule has 7 heteroatoms. The van der Waals surface area contributed by atoms with Gasteiger partial charge in [0.2, 0.25) is 0 Å². The van der Waals surface area contributed by atoms with Gasteiger partial charge >= 0.3 is 0 Å². The normalized spacial score (nSPS) is 21.0. The van der Waals surface area contributed by atoms with E-state index in [1.54, 1.807) is 21.3 Å². The molecule has 0 atom stereocenters. The van der Waals surface area contributed by atoms with E-state index in [0.717, 1.165) is 29.8 Å². The number of sulfonamides is 1. The second-order valence-electron chi connectivity index (χ2n) is 6.12. The lowest BCUT2D eigenvalue weighted by atomic mass is 10.0. The van der Waals surface area contributed by atoms with Gasteiger partial charge in [-0.1, -0.05) is 13.5 Å². The number of piperidine rings is 1. The lowest BCUT2D eigenvalue weighted by molar-refractivity contribution is 0.0733. The van der Waals surface area contributed by atoms with Crippen molar-refractivity contribution in [2.24, 2.45) is 5.92 Å². The first-order valence-electron chi connectivity index (χ1n) is 7.44. The van der Waals surface area contributed by atoms with Crippen LogP contribution in [0.2, 0.25) is 0 Å². The van der Waals surface area contributed by atoms with Crippen LogP contribution in [0.15, 0.2) is 28.5 Å². The number of carbonyl (C=O) groups is 1. The molecule has 2 aliphatic rings. The Hall–Kier alpha value is -1.18. The maximum atomic E-state index is 12.6. The van der Waals surface area contributed by atoms with Crippen molar-refractivity contribution < 1.29 is 13.2 Å². The van der Waals surface area contributed by atoms with Crippen LogP contribution in [-0.4, -0.2) is 49.7 Å². The largest absolute Gasteiger partial charge is 0.330 e. The second kappa shape index (κ2) is 5.79. The predicted molar refractivity (Wildman–Crippen MR) is 86.5 cm³/mol. The van der Waals surface area contributed by atoms with Crippen molar-refractivity contribution in [3.8, 4) is 0 Å². The first-order chi connectivity index (χ1) is 10.4. The fraction of sp³-hybridized carbons (Fsp3) is 0.533. The van der Waals surface area contributed by atoms with Crippen LogP contribution >= 0.6 is 11.3 Å². The first-order valence-corrected chi connectivity index (χ1v) is 9.69. The molecule has 0 radical (unpaired) electrons. The van der Waals surface area contributed by atoms with E-state index in [9.17, 15) is 13.2 Å². The quantitative estimate of drug-likeness (QED) is 0.793. The number of amides is 1. The molecule has 2 aliphatic heterocycles. The molecule has 2 saturated heterocycles. The highest BCUT2D eigenvalue weighted by Crippen LogP contribution is 2.29. The minimum Gasteiger partial charge on any atom is -0.330 e. The topological polar surface area (TPSA) is 57.7 Å². The van der Waals surface area contributed by atoms with E-state index in [2.05, 4.69) is 13.5 Å². The molecule has 0 N–H and O–H groups in total. The average Bonchev–Trinajstić information content (AvgIpc) is 2.94. The monoisotopic (exact) mass is 340 g/mol. The molecule has 5 nitrogen and oxygen atoms in total. The Balaban J connectivity index is 1.75. The Morgan fingerprint density at radius 1 is 1.27 bits per heavy atom. The van der Waals surface area contributed by atoms with Crippen molar-refractivity contribution in [1.29, 1.82) is 0 Å². The lowest BCUT2D eigenvalue weighted by Gasteiger charge is -2.32. The summed E-state index contributed by atoms with van der Waals surface area (Å²) >= 11 is 1.07. The zero-order valence-electron chi connectivity index (χ0n) is 12.6. The highest BCUT2D eigenvalue weighted by molar-refractivity contribution is 7.91. The third kappa shape index (κ3) is 2.85. The van der Waals surface area contributed by atoms with Gasteiger partial charge in [0.1, 0.15) is 4.21 Å². The molecule has 0 aliphatic carbocycles. The SMILES string of the molecule is C=C1CN(C(=O)c2ccc(S(=O)(=O)N3CCC(C)CC3)s2)C1. The van der Waals surface area contributed by atoms with Gasteiger partial charge in [0.25, 0.3) is 15.9 Å². The molecular formula is C15H20N2O3S2. The standard InChI is InChI=1S/C15H20N2O3S2/c1-11-5-7-17(8-6-11)22(19,20)14-4-3-13(21-14)15(18)16-9-12(2)10-16/h3-4,11H,2,5-10H2,1H3. The van der Waals surface area contributed by atoms with Crippen LogP contribution < -0.4 is 0 Å². The van der Waals surface area contributed by atoms with Crippen molar-refractivity contribution in [1.82, 2.24) is 9.21 Å². The predicted octanol–water partition coefficient (Wildman–Crippen LogP) is 2.18. The molecule has 3 heterocycles. The van der Waals surface area contributed by atoms with Crippen molar-refractivity contribution in [3.63, 3.8) is 0 Å². The highest BCUT2D eigenvalue weighted by Gasteiger charge is 2.31. The minimum absolute atomic E-state index is 0.105. The molecule has 1 amide bonds. The highest BCUT2D eigenvalue weighted by atomic mass is 32.2. The molecule has 22 heavy (non-hydrogen) atoms. The maximum absolute atomic E-state index is 12.6. The van der Waals surface area contributed by atoms with Crippen LogP contribution in [0.1, 0.15) is 29.4 Å². The Bertz CT molecular complexity index is 692. The number of carbonyl (C=O) groups excluding carboxylic acids is 1. The van der Waals surface area contributed by atoms with Crippen LogP contribution in [0.5, 0.6) is 0 Å². The molecular weight excluding hydrogens is 320 g/mol. The van der Waals surface area contributed by atoms with E-state index >= 15 is 0 Å². The number of thiophene rings is 1. The van der Waals surface area contributed by atoms with Gasteiger partial charge in [-0.15, -0.1) is 11.3 Å². The Morgan fingerprint density at radius 3 is 2.50 bits per heavy atom. The van der Waals surface area contributed by atoms with Crippen molar-refractivity contribution in [2.45, 2.75) is 24.0 Å². The van der Waals surface area contributed by atoms with E-state index in [0.29, 0.717) is 37.0 Å². The van der Waals surface area contributed by atoms with Crippen molar-refractivity contribution in [2.75, 3.05) is 26.2 Å². The van der Waals surface area contributed by atoms with E-state index in [4.69, 9.17) is 0 Å². The number of hydrogen-bond donors (Lipinski definition) is 0. The summed E-state index contributed by atoms with van der Waals surface area (Å²) < 4.78 is 27.1. The van der Waals surface area contributed by atoms with Gasteiger partial charge in [-0.25, -0.2) is 8.42 Å². The molecule has 0 aromatic carbocycles. The summed E-state index contributed by atoms with van der Waals surface area (Å²) in [7, 11) is -3.46. The maximum Gasteiger partial charge on any atom is 0.264 e. The number of nitrogens with zero attached hydrogens (tertiary/aromatic N) is 2. The molecule has 3 rings (SSSR count). The molecule has 2 fully saturated rings. The molecule has 1 aromatic rings. The Morgan fingerprint density at radius 2 is 1.91 bits per heavy atom. The summed E-state index contributed by atoms with van der Waals surface area (Å²) in [6.45, 7) is 8.23. The summed E-state index contributed by atoms with van der Waals surface area (Å²) in [5.41, 5.74) is 1.03. The lowest BCUT2D eigenvalue weighted by Crippen LogP contribution is -2.43. The Labute approximate surface area is 135 Å². The summed E-state index contributed by atoms with van der Waals surface area (Å²) in [6.07, 6.45) is 1.79. The molecule has 0 unspecified atom stereocenters. The number of rotatable bonds is 3. The summed E-state index contributed by atoms with van der Waals surface area (Å²) in [6, 6.07) is 3.17. The summed E-state index contributed by atoms with van der Waals surface area (Å²) in [4.78, 5) is 14.4. The molecule has 0 spiro atoms. The van der Waals surface area contributed by atoms with Crippen LogP contribution in [0.4, 0.5) is 0 Å². The smallest absolute Gasteiger partial charge is 0.264 e. The van der Waals surface area contributed by atoms with Gasteiger partial charge < -0.3 is 4.90 Å². The zero-order valence-corrected chi connectivity index (χ0v) is 14.3. The third-order valence-electron chi connectivity index (χ3n) is 4.25. The van der Waals surface area contributed by atoms with Gasteiger partial charge in [0.15, 0.2) is 0 Å². The van der Waals surface area contributed by atoms with E-state index in [1.807, 2.05) is 0 Å². The van der Waals surface area contributed by atoms with Crippen LogP contribution in [-0.2, 0) is 10.0 Å². The molecule has 1 aromatic heterocycles. The third-order valence-corrected chi connectivity index (χ3v) is 7.68. The Kier molecular flexibility index (Phi) is 4.13. The van der Waals surface area contributed by atoms with Gasteiger partial charge in [-0.3, -0.25) is 4.79 Å². The second-order valence-corrected chi connectivity index (χ2v) is 9.37. The fourth-order valence-corrected chi connectivity index (χ4v) is 5.62. The average molecular weight is 340 g/mol. The van der Waals surface area contributed by atoms with Gasteiger partial charge in [0, 0.05) is 26.2 Å². The first kappa shape index (κ1) is 15.7. The molecule has 120 valence electrons. The van der Waals surface area contributed by atoms with Gasteiger partial charge in [-0.2, -0.15) is 4.31 Å². The molecule has 0 bridgehead atoms.